The van der Waals surface area contributed by atoms with Crippen LogP contribution >= 0.6 is 11.6 Å². The molecule has 0 aliphatic heterocycles. The van der Waals surface area contributed by atoms with Crippen molar-refractivity contribution in [3.63, 3.8) is 0 Å². The van der Waals surface area contributed by atoms with Crippen molar-refractivity contribution in [2.45, 2.75) is 121 Å². The highest BCUT2D eigenvalue weighted by molar-refractivity contribution is 7.92. The summed E-state index contributed by atoms with van der Waals surface area (Å²) >= 11 is 5.95. The number of sulfonamides is 1. The van der Waals surface area contributed by atoms with Gasteiger partial charge in [-0.25, -0.2) is 18.1 Å². The number of hydrogen-bond donors (Lipinski definition) is 4. The van der Waals surface area contributed by atoms with Crippen LogP contribution in [0.5, 0.6) is 5.75 Å². The number of benzene rings is 2. The van der Waals surface area contributed by atoms with E-state index in [1.54, 1.807) is 36.4 Å². The predicted molar refractivity (Wildman–Crippen MR) is 242 cm³/mol. The number of aromatic nitrogens is 5. The normalized spacial score (nSPS) is 11.6. The van der Waals surface area contributed by atoms with Crippen molar-refractivity contribution in [1.29, 1.82) is 0 Å². The summed E-state index contributed by atoms with van der Waals surface area (Å²) in [6, 6.07) is 11.9. The second-order valence-corrected chi connectivity index (χ2v) is 17.5. The molecule has 0 atom stereocenters. The Labute approximate surface area is 374 Å². The number of nitrogens with zero attached hydrogens (tertiary/aromatic N) is 6. The van der Waals surface area contributed by atoms with Crippen LogP contribution in [0.1, 0.15) is 126 Å². The number of anilines is 3. The van der Waals surface area contributed by atoms with E-state index in [9.17, 15) is 23.1 Å². The van der Waals surface area contributed by atoms with Crippen molar-refractivity contribution in [1.82, 2.24) is 24.6 Å². The van der Waals surface area contributed by atoms with E-state index in [0.717, 1.165) is 30.5 Å². The first-order valence-electron chi connectivity index (χ1n) is 21.9. The number of nitrogens with one attached hydrogen (secondary N) is 1. The number of phenols is 1. The van der Waals surface area contributed by atoms with Gasteiger partial charge in [-0.1, -0.05) is 114 Å². The Hall–Kier alpha value is -5.46. The lowest BCUT2D eigenvalue weighted by Crippen LogP contribution is -2.35. The molecule has 0 fully saturated rings. The molecule has 0 radical (unpaired) electrons. The number of nitrogens with two attached hydrogens (primary N) is 2. The molecule has 0 aliphatic carbocycles. The average molecular weight is 911 g/mol. The zero-order valence-corrected chi connectivity index (χ0v) is 37.5. The molecule has 17 nitrogen and oxygen atoms in total. The Kier molecular flexibility index (Phi) is 19.3. The third-order valence-corrected chi connectivity index (χ3v) is 12.0. The van der Waals surface area contributed by atoms with E-state index in [1.807, 2.05) is 0 Å². The SMILES string of the molecule is CCCCCCCCCCCCCCCCOCCCOC(=O)N(CCCc1ccc(NS(=O)(=O)c2cc(Cl)c(O)c(C(N)=O)c2)cc1)c1nc(N)n2nc(-c3ccco3)nc2n1. The van der Waals surface area contributed by atoms with Gasteiger partial charge in [0.1, 0.15) is 5.75 Å². The van der Waals surface area contributed by atoms with E-state index >= 15 is 0 Å². The number of nitrogen functional groups attached to an aromatic ring is 1. The molecule has 342 valence electrons. The highest BCUT2D eigenvalue weighted by Crippen LogP contribution is 2.31. The van der Waals surface area contributed by atoms with Crippen molar-refractivity contribution in [3.05, 3.63) is 70.9 Å². The summed E-state index contributed by atoms with van der Waals surface area (Å²) < 4.78 is 46.7. The smallest absolute Gasteiger partial charge is 0.416 e. The molecule has 0 aliphatic rings. The predicted octanol–water partition coefficient (Wildman–Crippen LogP) is 9.08. The second kappa shape index (κ2) is 25.0. The number of unbranched alkanes of at least 4 members (excludes halogenated alkanes) is 13. The van der Waals surface area contributed by atoms with E-state index < -0.39 is 33.3 Å². The number of amides is 2. The number of carbonyl (C=O) groups excluding carboxylic acids is 2. The van der Waals surface area contributed by atoms with Crippen LogP contribution in [0.4, 0.5) is 22.4 Å². The van der Waals surface area contributed by atoms with E-state index in [2.05, 4.69) is 31.7 Å². The zero-order chi connectivity index (χ0) is 45.0. The first-order valence-corrected chi connectivity index (χ1v) is 23.7. The van der Waals surface area contributed by atoms with Gasteiger partial charge in [-0.15, -0.1) is 5.10 Å². The minimum Gasteiger partial charge on any atom is -0.506 e. The number of rotatable bonds is 29. The molecule has 0 spiro atoms. The van der Waals surface area contributed by atoms with Gasteiger partial charge in [0.15, 0.2) is 5.76 Å². The zero-order valence-electron chi connectivity index (χ0n) is 36.0. The van der Waals surface area contributed by atoms with Crippen molar-refractivity contribution < 1.29 is 37.0 Å². The molecule has 2 amide bonds. The van der Waals surface area contributed by atoms with Crippen molar-refractivity contribution >= 4 is 57.0 Å². The minimum absolute atomic E-state index is 0.0176. The van der Waals surface area contributed by atoms with Crippen LogP contribution in [0, 0.1) is 0 Å². The summed E-state index contributed by atoms with van der Waals surface area (Å²) in [5.41, 5.74) is 12.2. The van der Waals surface area contributed by atoms with Gasteiger partial charge in [-0.05, 0) is 61.2 Å². The van der Waals surface area contributed by atoms with Gasteiger partial charge in [-0.2, -0.15) is 19.5 Å². The Morgan fingerprint density at radius 1 is 0.857 bits per heavy atom. The summed E-state index contributed by atoms with van der Waals surface area (Å²) in [6.07, 6.45) is 20.4. The van der Waals surface area contributed by atoms with Crippen molar-refractivity contribution in [2.75, 3.05) is 41.7 Å². The highest BCUT2D eigenvalue weighted by Gasteiger charge is 2.24. The Balaban J connectivity index is 1.09. The molecule has 6 N–H and O–H groups in total. The summed E-state index contributed by atoms with van der Waals surface area (Å²) in [5.74, 6) is -0.949. The van der Waals surface area contributed by atoms with Crippen molar-refractivity contribution in [2.24, 2.45) is 5.73 Å². The minimum atomic E-state index is -4.21. The number of carbonyl (C=O) groups is 2. The van der Waals surface area contributed by atoms with Crippen LogP contribution < -0.4 is 21.1 Å². The van der Waals surface area contributed by atoms with E-state index in [0.29, 0.717) is 38.2 Å². The molecule has 2 aromatic carbocycles. The Morgan fingerprint density at radius 2 is 1.51 bits per heavy atom. The summed E-state index contributed by atoms with van der Waals surface area (Å²) in [6.45, 7) is 3.65. The van der Waals surface area contributed by atoms with Crippen LogP contribution in [-0.2, 0) is 25.9 Å². The molecule has 0 bridgehead atoms. The Bertz CT molecular complexity index is 2310. The third kappa shape index (κ3) is 15.1. The molecular formula is C44H60ClN9O8S. The monoisotopic (exact) mass is 909 g/mol. The topological polar surface area (TPSA) is 243 Å². The molecule has 5 rings (SSSR count). The van der Waals surface area contributed by atoms with Gasteiger partial charge in [0.2, 0.25) is 17.7 Å². The number of furan rings is 1. The fourth-order valence-corrected chi connectivity index (χ4v) is 8.30. The van der Waals surface area contributed by atoms with Gasteiger partial charge in [0.25, 0.3) is 21.7 Å². The number of aromatic hydroxyl groups is 1. The first-order chi connectivity index (χ1) is 30.5. The van der Waals surface area contributed by atoms with Crippen LogP contribution in [0.15, 0.2) is 64.1 Å². The average Bonchev–Trinajstić information content (AvgIpc) is 3.96. The van der Waals surface area contributed by atoms with Crippen LogP contribution in [0.25, 0.3) is 17.4 Å². The molecule has 3 aromatic heterocycles. The van der Waals surface area contributed by atoms with Gasteiger partial charge in [-0.3, -0.25) is 9.52 Å². The maximum atomic E-state index is 13.6. The number of ether oxygens (including phenoxy) is 2. The van der Waals surface area contributed by atoms with Crippen LogP contribution in [0.2, 0.25) is 5.02 Å². The first kappa shape index (κ1) is 48.6. The number of halogens is 1. The molecule has 3 heterocycles. The second-order valence-electron chi connectivity index (χ2n) is 15.4. The lowest BCUT2D eigenvalue weighted by atomic mass is 10.0. The molecule has 0 saturated carbocycles. The van der Waals surface area contributed by atoms with E-state index in [1.165, 1.54) is 92.7 Å². The lowest BCUT2D eigenvalue weighted by molar-refractivity contribution is 0.0994. The van der Waals surface area contributed by atoms with E-state index in [4.69, 9.17) is 37.0 Å². The number of primary amides is 1. The number of fused-ring (bicyclic) bond motifs is 1. The van der Waals surface area contributed by atoms with Gasteiger partial charge < -0.3 is 30.5 Å². The summed E-state index contributed by atoms with van der Waals surface area (Å²) in [5, 5.41) is 14.0. The van der Waals surface area contributed by atoms with Gasteiger partial charge >= 0.3 is 6.09 Å². The molecule has 63 heavy (non-hydrogen) atoms. The quantitative estimate of drug-likeness (QED) is 0.0328. The summed E-state index contributed by atoms with van der Waals surface area (Å²) in [4.78, 5) is 39.5. The summed E-state index contributed by atoms with van der Waals surface area (Å²) in [7, 11) is -4.21. The van der Waals surface area contributed by atoms with Crippen LogP contribution in [-0.4, -0.2) is 76.5 Å². The number of aryl methyl sites for hydroxylation is 1. The highest BCUT2D eigenvalue weighted by atomic mass is 35.5. The van der Waals surface area contributed by atoms with Gasteiger partial charge in [0, 0.05) is 31.9 Å². The molecule has 0 unspecified atom stereocenters. The molecular weight excluding hydrogens is 850 g/mol. The van der Waals surface area contributed by atoms with Crippen LogP contribution in [0.3, 0.4) is 0 Å². The van der Waals surface area contributed by atoms with E-state index in [-0.39, 0.29) is 52.3 Å². The molecule has 0 saturated heterocycles. The molecule has 19 heteroatoms. The van der Waals surface area contributed by atoms with Crippen molar-refractivity contribution in [3.8, 4) is 17.3 Å². The third-order valence-electron chi connectivity index (χ3n) is 10.4. The van der Waals surface area contributed by atoms with Gasteiger partial charge in [0.05, 0.1) is 28.4 Å². The molecule has 5 aromatic rings. The maximum Gasteiger partial charge on any atom is 0.416 e. The fraction of sp³-hybridized carbons (Fsp3) is 0.500. The largest absolute Gasteiger partial charge is 0.506 e. The Morgan fingerprint density at radius 3 is 2.14 bits per heavy atom. The fourth-order valence-electron chi connectivity index (χ4n) is 6.91. The maximum absolute atomic E-state index is 13.6. The standard InChI is InChI=1S/C44H60ClN9O8S/c1-2-3-4-5-6-7-8-9-10-11-12-13-14-15-26-60-27-18-29-62-44(57)53(42-49-41(47)54-43(50-42)48-40(51-54)37-20-17-28-61-37)25-16-19-32-21-23-33(24-22-32)52-63(58,59)34-30-35(39(46)56)38(55)36(45)31-34/h17,20-24,28,30-31,52,55H,2-16,18-19,25-27,29H2,1H3,(H2,46,56)(H2,47,48,49,50,51). The number of hydrogen-bond acceptors (Lipinski definition) is 13. The lowest BCUT2D eigenvalue weighted by Gasteiger charge is -2.20.